The second kappa shape index (κ2) is 16.0. The number of hydrogen-bond acceptors (Lipinski definition) is 3. The molecule has 3 heterocycles. The number of fused-ring (bicyclic) bond motifs is 3. The molecule has 0 unspecified atom stereocenters. The Hall–Kier alpha value is -4.15. The molecule has 0 atom stereocenters. The van der Waals surface area contributed by atoms with E-state index < -0.39 is 8.07 Å². The summed E-state index contributed by atoms with van der Waals surface area (Å²) in [6.45, 7) is 11.7. The van der Waals surface area contributed by atoms with Crippen LogP contribution in [0.4, 0.5) is 0 Å². The molecular weight excluding hydrogens is 817 g/mol. The molecule has 1 radical (unpaired) electrons. The summed E-state index contributed by atoms with van der Waals surface area (Å²) in [7, 11) is -1.34. The van der Waals surface area contributed by atoms with E-state index in [9.17, 15) is 0 Å². The van der Waals surface area contributed by atoms with E-state index in [-0.39, 0.29) is 20.1 Å². The van der Waals surface area contributed by atoms with Crippen LogP contribution < -0.4 is 5.19 Å². The van der Waals surface area contributed by atoms with Crippen LogP contribution in [-0.2, 0) is 20.1 Å². The van der Waals surface area contributed by atoms with Crippen LogP contribution in [0.15, 0.2) is 120 Å². The third kappa shape index (κ3) is 8.17. The molecule has 3 nitrogen and oxygen atoms in total. The second-order valence-electron chi connectivity index (χ2n) is 14.9. The summed E-state index contributed by atoms with van der Waals surface area (Å²) in [5, 5.41) is 3.73. The Balaban J connectivity index is 0.000000194. The number of benzene rings is 4. The molecule has 1 fully saturated rings. The van der Waals surface area contributed by atoms with Crippen molar-refractivity contribution in [2.45, 2.75) is 77.4 Å². The van der Waals surface area contributed by atoms with E-state index >= 15 is 0 Å². The molecular formula is C46H46IrN2OSi-2. The van der Waals surface area contributed by atoms with Crippen molar-refractivity contribution in [3.05, 3.63) is 139 Å². The average Bonchev–Trinajstić information content (AvgIpc) is 3.54. The number of pyridine rings is 2. The van der Waals surface area contributed by atoms with Crippen molar-refractivity contribution >= 4 is 35.2 Å². The minimum Gasteiger partial charge on any atom is -0.501 e. The third-order valence-electron chi connectivity index (χ3n) is 10.0. The standard InChI is InChI=1S/C29H24NO.C17H22NSi.Ir/c1-3-8-20(9-4-1)22-14-15-24-25-12-7-13-26(29(25)31-28(24)19-22)27-18-23(16-17-30-27)21-10-5-2-6-11-21;1-13(2)15-11-16(14-9-7-6-8-10-14)18-12-17(15)19(3,4)5;/h1,3-4,7-9,12,14-19,21H,2,5-6,10-11H2;6-9,11-13H,1-5H3;/q2*-1;. The molecule has 7 aromatic rings. The topological polar surface area (TPSA) is 38.9 Å². The molecule has 0 spiro atoms. The van der Waals surface area contributed by atoms with Crippen molar-refractivity contribution in [1.82, 2.24) is 9.97 Å². The summed E-state index contributed by atoms with van der Waals surface area (Å²) >= 11 is 0. The van der Waals surface area contributed by atoms with Gasteiger partial charge in [0.15, 0.2) is 0 Å². The minimum atomic E-state index is -1.34. The number of rotatable bonds is 6. The maximum Gasteiger partial charge on any atom is 0.121 e. The number of hydrogen-bond donors (Lipinski definition) is 0. The molecule has 4 aromatic carbocycles. The van der Waals surface area contributed by atoms with Crippen LogP contribution in [0.2, 0.25) is 19.6 Å². The van der Waals surface area contributed by atoms with Crippen LogP contribution in [0, 0.1) is 12.1 Å². The number of nitrogens with zero attached hydrogens (tertiary/aromatic N) is 2. The Morgan fingerprint density at radius 3 is 2.24 bits per heavy atom. The molecule has 51 heavy (non-hydrogen) atoms. The molecule has 8 rings (SSSR count). The van der Waals surface area contributed by atoms with Gasteiger partial charge in [-0.05, 0) is 64.5 Å². The Labute approximate surface area is 317 Å². The molecule has 1 aliphatic rings. The normalized spacial score (nSPS) is 13.5. The van der Waals surface area contributed by atoms with E-state index in [0.29, 0.717) is 11.8 Å². The van der Waals surface area contributed by atoms with Gasteiger partial charge in [-0.25, -0.2) is 0 Å². The Bertz CT molecular complexity index is 2210. The first-order chi connectivity index (χ1) is 24.3. The molecule has 261 valence electrons. The van der Waals surface area contributed by atoms with Crippen molar-refractivity contribution in [2.75, 3.05) is 0 Å². The van der Waals surface area contributed by atoms with Gasteiger partial charge < -0.3 is 14.4 Å². The predicted molar refractivity (Wildman–Crippen MR) is 213 cm³/mol. The predicted octanol–water partition coefficient (Wildman–Crippen LogP) is 12.4. The monoisotopic (exact) mass is 863 g/mol. The zero-order valence-electron chi connectivity index (χ0n) is 30.3. The summed E-state index contributed by atoms with van der Waals surface area (Å²) in [5.41, 5.74) is 11.0. The van der Waals surface area contributed by atoms with E-state index in [2.05, 4.69) is 130 Å². The Morgan fingerprint density at radius 1 is 0.725 bits per heavy atom. The molecule has 1 aliphatic carbocycles. The van der Waals surface area contributed by atoms with Crippen LogP contribution in [0.5, 0.6) is 0 Å². The van der Waals surface area contributed by atoms with Crippen LogP contribution in [0.1, 0.15) is 68.9 Å². The Morgan fingerprint density at radius 2 is 1.51 bits per heavy atom. The summed E-state index contributed by atoms with van der Waals surface area (Å²) < 4.78 is 6.41. The largest absolute Gasteiger partial charge is 0.501 e. The molecule has 0 saturated heterocycles. The van der Waals surface area contributed by atoms with Crippen LogP contribution in [0.25, 0.3) is 55.6 Å². The smallest absolute Gasteiger partial charge is 0.121 e. The SMILES string of the molecule is CC(C)c1cc(-c2[c-]cccc2)ncc1[Si](C)(C)C.[Ir].[c-]1ccc2c(oc3cc(-c4ccccc4)ccc32)c1-c1cc(C2CCCCC2)ccn1. The number of furan rings is 1. The van der Waals surface area contributed by atoms with E-state index in [1.807, 2.05) is 36.5 Å². The van der Waals surface area contributed by atoms with Crippen molar-refractivity contribution in [3.8, 4) is 33.6 Å². The van der Waals surface area contributed by atoms with Gasteiger partial charge >= 0.3 is 0 Å². The van der Waals surface area contributed by atoms with Gasteiger partial charge in [-0.15, -0.1) is 54.1 Å². The average molecular weight is 863 g/mol. The van der Waals surface area contributed by atoms with Crippen LogP contribution in [0.3, 0.4) is 0 Å². The van der Waals surface area contributed by atoms with Gasteiger partial charge in [0, 0.05) is 37.9 Å². The molecule has 0 amide bonds. The molecule has 0 bridgehead atoms. The summed E-state index contributed by atoms with van der Waals surface area (Å²) in [6.07, 6.45) is 10.6. The minimum absolute atomic E-state index is 0. The van der Waals surface area contributed by atoms with E-state index in [0.717, 1.165) is 50.0 Å². The van der Waals surface area contributed by atoms with E-state index in [1.54, 1.807) is 0 Å². The van der Waals surface area contributed by atoms with Crippen LogP contribution in [-0.4, -0.2) is 18.0 Å². The first kappa shape index (κ1) is 36.6. The van der Waals surface area contributed by atoms with Gasteiger partial charge in [0.05, 0.1) is 13.7 Å². The maximum atomic E-state index is 6.41. The van der Waals surface area contributed by atoms with Gasteiger partial charge in [0.2, 0.25) is 0 Å². The molecule has 0 aliphatic heterocycles. The zero-order valence-corrected chi connectivity index (χ0v) is 33.7. The van der Waals surface area contributed by atoms with Crippen molar-refractivity contribution in [2.24, 2.45) is 0 Å². The Kier molecular flexibility index (Phi) is 11.5. The second-order valence-corrected chi connectivity index (χ2v) is 20.0. The fourth-order valence-electron chi connectivity index (χ4n) is 7.29. The quantitative estimate of drug-likeness (QED) is 0.123. The van der Waals surface area contributed by atoms with Gasteiger partial charge in [-0.2, -0.15) is 0 Å². The fourth-order valence-corrected chi connectivity index (χ4v) is 8.97. The van der Waals surface area contributed by atoms with Crippen molar-refractivity contribution < 1.29 is 24.5 Å². The van der Waals surface area contributed by atoms with E-state index in [4.69, 9.17) is 9.40 Å². The molecule has 3 aromatic heterocycles. The molecule has 0 N–H and O–H groups in total. The van der Waals surface area contributed by atoms with Crippen LogP contribution >= 0.6 is 0 Å². The van der Waals surface area contributed by atoms with Crippen molar-refractivity contribution in [1.29, 1.82) is 0 Å². The molecule has 5 heteroatoms. The van der Waals surface area contributed by atoms with Gasteiger partial charge in [0.25, 0.3) is 0 Å². The third-order valence-corrected chi connectivity index (χ3v) is 12.0. The summed E-state index contributed by atoms with van der Waals surface area (Å²) in [4.78, 5) is 9.36. The maximum absolute atomic E-state index is 6.41. The summed E-state index contributed by atoms with van der Waals surface area (Å²) in [6, 6.07) is 42.4. The van der Waals surface area contributed by atoms with E-state index in [1.165, 1.54) is 54.0 Å². The molecule has 1 saturated carbocycles. The van der Waals surface area contributed by atoms with Gasteiger partial charge in [0.1, 0.15) is 5.58 Å². The van der Waals surface area contributed by atoms with Gasteiger partial charge in [-0.1, -0.05) is 129 Å². The number of aromatic nitrogens is 2. The van der Waals surface area contributed by atoms with Crippen molar-refractivity contribution in [3.63, 3.8) is 0 Å². The summed E-state index contributed by atoms with van der Waals surface area (Å²) in [5.74, 6) is 1.19. The first-order valence-electron chi connectivity index (χ1n) is 18.1. The van der Waals surface area contributed by atoms with Gasteiger partial charge in [-0.3, -0.25) is 0 Å². The fraction of sp³-hybridized carbons (Fsp3) is 0.261. The first-order valence-corrected chi connectivity index (χ1v) is 21.6. The zero-order chi connectivity index (χ0) is 34.7.